The molecule has 0 atom stereocenters. The van der Waals surface area contributed by atoms with Crippen molar-refractivity contribution in [2.45, 2.75) is 13.8 Å². The lowest BCUT2D eigenvalue weighted by Gasteiger charge is -2.06. The number of hydrogen-bond donors (Lipinski definition) is 2. The molecule has 2 aromatic carbocycles. The number of benzene rings is 2. The van der Waals surface area contributed by atoms with Crippen molar-refractivity contribution in [2.24, 2.45) is 0 Å². The van der Waals surface area contributed by atoms with Crippen LogP contribution in [0.2, 0.25) is 0 Å². The fourth-order valence-corrected chi connectivity index (χ4v) is 5.07. The molecule has 5 rings (SSSR count). The van der Waals surface area contributed by atoms with Crippen molar-refractivity contribution in [1.82, 2.24) is 19.9 Å². The molecule has 154 valence electrons. The highest BCUT2D eigenvalue weighted by molar-refractivity contribution is 7.22. The maximum absolute atomic E-state index is 11.9. The summed E-state index contributed by atoms with van der Waals surface area (Å²) >= 11 is 2.81. The van der Waals surface area contributed by atoms with Gasteiger partial charge in [-0.15, -0.1) is 0 Å². The van der Waals surface area contributed by atoms with Crippen LogP contribution in [0.1, 0.15) is 11.1 Å². The number of nitro groups is 1. The smallest absolute Gasteiger partial charge is 0.310 e. The predicted molar refractivity (Wildman–Crippen MR) is 124 cm³/mol. The Morgan fingerprint density at radius 1 is 0.935 bits per heavy atom. The van der Waals surface area contributed by atoms with E-state index in [0.29, 0.717) is 10.3 Å². The largest absolute Gasteiger partial charge is 0.354 e. The molecule has 3 heterocycles. The summed E-state index contributed by atoms with van der Waals surface area (Å²) in [5.41, 5.74) is 3.56. The zero-order valence-electron chi connectivity index (χ0n) is 16.4. The molecule has 5 aromatic rings. The molecule has 0 spiro atoms. The number of rotatable bonds is 5. The van der Waals surface area contributed by atoms with Gasteiger partial charge < -0.3 is 10.6 Å². The zero-order chi connectivity index (χ0) is 21.5. The molecule has 3 aromatic heterocycles. The standard InChI is InChI=1S/C20H15N7O2S2/c1-10-6-7-12-14(8-10)31-19(23-12)25-17-16(27(28)29)18(22-9-21-17)26-20-24-15-11(2)4-3-5-13(15)30-20/h3-9H,1-2H3,(H2,21,22,23,24,25,26). The monoisotopic (exact) mass is 449 g/mol. The second-order valence-corrected chi connectivity index (χ2v) is 8.92. The van der Waals surface area contributed by atoms with Crippen LogP contribution < -0.4 is 10.6 Å². The molecule has 0 aliphatic rings. The average molecular weight is 450 g/mol. The quantitative estimate of drug-likeness (QED) is 0.259. The Hall–Kier alpha value is -3.70. The van der Waals surface area contributed by atoms with Crippen LogP contribution in [0.5, 0.6) is 0 Å². The lowest BCUT2D eigenvalue weighted by Crippen LogP contribution is -2.05. The van der Waals surface area contributed by atoms with Crippen molar-refractivity contribution < 1.29 is 4.92 Å². The molecular weight excluding hydrogens is 434 g/mol. The van der Waals surface area contributed by atoms with Crippen LogP contribution in [-0.4, -0.2) is 24.9 Å². The molecular formula is C20H15N7O2S2. The van der Waals surface area contributed by atoms with Crippen molar-refractivity contribution in [3.63, 3.8) is 0 Å². The summed E-state index contributed by atoms with van der Waals surface area (Å²) < 4.78 is 1.98. The maximum atomic E-state index is 11.9. The summed E-state index contributed by atoms with van der Waals surface area (Å²) in [6, 6.07) is 11.8. The molecule has 0 bridgehead atoms. The lowest BCUT2D eigenvalue weighted by molar-refractivity contribution is -0.383. The molecule has 9 nitrogen and oxygen atoms in total. The number of thiazole rings is 2. The third kappa shape index (κ3) is 3.64. The van der Waals surface area contributed by atoms with Gasteiger partial charge in [0.1, 0.15) is 6.33 Å². The fourth-order valence-electron chi connectivity index (χ4n) is 3.16. The summed E-state index contributed by atoms with van der Waals surface area (Å²) in [6.45, 7) is 3.98. The van der Waals surface area contributed by atoms with Gasteiger partial charge in [-0.2, -0.15) is 0 Å². The maximum Gasteiger partial charge on any atom is 0.354 e. The Morgan fingerprint density at radius 3 is 2.35 bits per heavy atom. The normalized spacial score (nSPS) is 11.2. The summed E-state index contributed by atoms with van der Waals surface area (Å²) in [5, 5.41) is 18.9. The Balaban J connectivity index is 1.51. The summed E-state index contributed by atoms with van der Waals surface area (Å²) in [7, 11) is 0. The van der Waals surface area contributed by atoms with Crippen molar-refractivity contribution in [3.8, 4) is 0 Å². The van der Waals surface area contributed by atoms with Gasteiger partial charge in [0.05, 0.1) is 25.4 Å². The first-order valence-electron chi connectivity index (χ1n) is 9.25. The average Bonchev–Trinajstić information content (AvgIpc) is 3.31. The van der Waals surface area contributed by atoms with Crippen LogP contribution in [0.3, 0.4) is 0 Å². The SMILES string of the molecule is Cc1ccc2nc(Nc3ncnc(Nc4nc5c(C)cccc5s4)c3[N+](=O)[O-])sc2c1. The van der Waals surface area contributed by atoms with E-state index >= 15 is 0 Å². The number of fused-ring (bicyclic) bond motifs is 2. The molecule has 0 radical (unpaired) electrons. The van der Waals surface area contributed by atoms with Crippen LogP contribution in [0.4, 0.5) is 27.6 Å². The van der Waals surface area contributed by atoms with Gasteiger partial charge in [0, 0.05) is 0 Å². The number of anilines is 4. The number of aromatic nitrogens is 4. The molecule has 0 fully saturated rings. The van der Waals surface area contributed by atoms with Gasteiger partial charge in [0.2, 0.25) is 11.6 Å². The number of aryl methyl sites for hydroxylation is 2. The summed E-state index contributed by atoms with van der Waals surface area (Å²) in [6.07, 6.45) is 1.27. The number of nitrogens with one attached hydrogen (secondary N) is 2. The first-order valence-corrected chi connectivity index (χ1v) is 10.9. The van der Waals surface area contributed by atoms with E-state index in [0.717, 1.165) is 31.6 Å². The van der Waals surface area contributed by atoms with Gasteiger partial charge >= 0.3 is 5.69 Å². The minimum atomic E-state index is -0.513. The third-order valence-electron chi connectivity index (χ3n) is 4.62. The first-order chi connectivity index (χ1) is 15.0. The minimum absolute atomic E-state index is 0.0653. The van der Waals surface area contributed by atoms with Crippen LogP contribution in [-0.2, 0) is 0 Å². The molecule has 0 saturated carbocycles. The van der Waals surface area contributed by atoms with Crippen LogP contribution in [0.25, 0.3) is 20.4 Å². The van der Waals surface area contributed by atoms with E-state index in [1.165, 1.54) is 29.0 Å². The van der Waals surface area contributed by atoms with E-state index in [-0.39, 0.29) is 17.3 Å². The van der Waals surface area contributed by atoms with Crippen LogP contribution in [0.15, 0.2) is 42.7 Å². The Morgan fingerprint density at radius 2 is 1.65 bits per heavy atom. The summed E-state index contributed by atoms with van der Waals surface area (Å²) in [4.78, 5) is 28.6. The van der Waals surface area contributed by atoms with Gasteiger partial charge in [-0.05, 0) is 43.2 Å². The molecule has 31 heavy (non-hydrogen) atoms. The zero-order valence-corrected chi connectivity index (χ0v) is 18.0. The highest BCUT2D eigenvalue weighted by atomic mass is 32.1. The van der Waals surface area contributed by atoms with Crippen LogP contribution >= 0.6 is 22.7 Å². The minimum Gasteiger partial charge on any atom is -0.310 e. The number of hydrogen-bond acceptors (Lipinski definition) is 10. The van der Waals surface area contributed by atoms with E-state index in [4.69, 9.17) is 0 Å². The molecule has 2 N–H and O–H groups in total. The van der Waals surface area contributed by atoms with Crippen molar-refractivity contribution in [3.05, 3.63) is 64.0 Å². The second-order valence-electron chi connectivity index (χ2n) is 6.86. The van der Waals surface area contributed by atoms with Gasteiger partial charge in [-0.1, -0.05) is 40.9 Å². The van der Waals surface area contributed by atoms with Gasteiger partial charge in [0.25, 0.3) is 0 Å². The predicted octanol–water partition coefficient (Wildman–Crippen LogP) is 5.71. The molecule has 0 aliphatic carbocycles. The van der Waals surface area contributed by atoms with Gasteiger partial charge in [0.15, 0.2) is 10.3 Å². The van der Waals surface area contributed by atoms with Crippen molar-refractivity contribution >= 4 is 70.7 Å². The van der Waals surface area contributed by atoms with Crippen molar-refractivity contribution in [2.75, 3.05) is 10.6 Å². The highest BCUT2D eigenvalue weighted by Gasteiger charge is 2.25. The van der Waals surface area contributed by atoms with E-state index in [2.05, 4.69) is 30.6 Å². The number of para-hydroxylation sites is 1. The Kier molecular flexibility index (Phi) is 4.68. The van der Waals surface area contributed by atoms with Crippen LogP contribution in [0, 0.1) is 24.0 Å². The third-order valence-corrected chi connectivity index (χ3v) is 6.49. The van der Waals surface area contributed by atoms with E-state index in [1.54, 1.807) is 0 Å². The fraction of sp³-hybridized carbons (Fsp3) is 0.100. The van der Waals surface area contributed by atoms with E-state index in [1.807, 2.05) is 50.2 Å². The molecule has 0 saturated heterocycles. The van der Waals surface area contributed by atoms with Gasteiger partial charge in [-0.25, -0.2) is 19.9 Å². The topological polar surface area (TPSA) is 119 Å². The Bertz CT molecular complexity index is 1460. The van der Waals surface area contributed by atoms with E-state index in [9.17, 15) is 10.1 Å². The van der Waals surface area contributed by atoms with Crippen molar-refractivity contribution in [1.29, 1.82) is 0 Å². The molecule has 11 heteroatoms. The highest BCUT2D eigenvalue weighted by Crippen LogP contribution is 2.37. The first kappa shape index (κ1) is 19.3. The molecule has 0 unspecified atom stereocenters. The summed E-state index contributed by atoms with van der Waals surface area (Å²) in [5.74, 6) is 0.131. The molecule has 0 amide bonds. The molecule has 0 aliphatic heterocycles. The second kappa shape index (κ2) is 7.52. The Labute approximate surface area is 184 Å². The van der Waals surface area contributed by atoms with E-state index < -0.39 is 4.92 Å². The van der Waals surface area contributed by atoms with Gasteiger partial charge in [-0.3, -0.25) is 10.1 Å². The lowest BCUT2D eigenvalue weighted by atomic mass is 10.2. The number of nitrogens with zero attached hydrogens (tertiary/aromatic N) is 5.